The average Bonchev–Trinajstić information content (AvgIpc) is 2.12. The van der Waals surface area contributed by atoms with Gasteiger partial charge in [0.1, 0.15) is 0 Å². The Hall–Kier alpha value is 0.0500. The van der Waals surface area contributed by atoms with Gasteiger partial charge in [0.25, 0.3) is 0 Å². The van der Waals surface area contributed by atoms with Crippen molar-refractivity contribution in [1.82, 2.24) is 0 Å². The minimum atomic E-state index is 0. The molecular weight excluding hydrogens is 252 g/mol. The maximum Gasteiger partial charge on any atom is 0.0424 e. The van der Waals surface area contributed by atoms with Crippen molar-refractivity contribution < 1.29 is 0 Å². The van der Waals surface area contributed by atoms with Gasteiger partial charge < -0.3 is 5.73 Å². The van der Waals surface area contributed by atoms with E-state index in [1.807, 2.05) is 12.1 Å². The second kappa shape index (κ2) is 7.34. The first kappa shape index (κ1) is 15.0. The first-order valence-electron chi connectivity index (χ1n) is 4.85. The number of nitrogens with two attached hydrogens (primary N) is 1. The first-order valence-corrected chi connectivity index (χ1v) is 5.60. The fourth-order valence-corrected chi connectivity index (χ4v) is 1.92. The van der Waals surface area contributed by atoms with Crippen LogP contribution in [0.2, 0.25) is 10.0 Å². The van der Waals surface area contributed by atoms with Crippen LogP contribution in [0.1, 0.15) is 37.8 Å². The minimum Gasteiger partial charge on any atom is -0.324 e. The molecule has 15 heavy (non-hydrogen) atoms. The normalized spacial score (nSPS) is 12.0. The number of hydrogen-bond acceptors (Lipinski definition) is 1. The second-order valence-electron chi connectivity index (χ2n) is 3.45. The zero-order valence-electron chi connectivity index (χ0n) is 8.67. The smallest absolute Gasteiger partial charge is 0.0424 e. The van der Waals surface area contributed by atoms with E-state index in [-0.39, 0.29) is 18.4 Å². The van der Waals surface area contributed by atoms with Crippen molar-refractivity contribution in [2.24, 2.45) is 5.73 Å². The lowest BCUT2D eigenvalue weighted by atomic mass is 10.0. The molecular formula is C11H16Cl3N. The van der Waals surface area contributed by atoms with Crippen molar-refractivity contribution in [2.75, 3.05) is 0 Å². The zero-order chi connectivity index (χ0) is 10.6. The molecule has 0 amide bonds. The number of hydrogen-bond donors (Lipinski definition) is 1. The van der Waals surface area contributed by atoms with Crippen LogP contribution in [0, 0.1) is 0 Å². The van der Waals surface area contributed by atoms with Crippen molar-refractivity contribution in [3.05, 3.63) is 33.8 Å². The van der Waals surface area contributed by atoms with Crippen LogP contribution in [0.5, 0.6) is 0 Å². The fourth-order valence-electron chi connectivity index (χ4n) is 1.38. The monoisotopic (exact) mass is 267 g/mol. The summed E-state index contributed by atoms with van der Waals surface area (Å²) in [5, 5.41) is 1.30. The Kier molecular flexibility index (Phi) is 7.37. The lowest BCUT2D eigenvalue weighted by Gasteiger charge is -2.12. The Labute approximate surface area is 107 Å². The van der Waals surface area contributed by atoms with Crippen LogP contribution in [-0.4, -0.2) is 0 Å². The van der Waals surface area contributed by atoms with Gasteiger partial charge in [-0.25, -0.2) is 0 Å². The van der Waals surface area contributed by atoms with Gasteiger partial charge in [0, 0.05) is 16.1 Å². The van der Waals surface area contributed by atoms with Crippen molar-refractivity contribution in [3.8, 4) is 0 Å². The van der Waals surface area contributed by atoms with Gasteiger partial charge in [-0.3, -0.25) is 0 Å². The molecule has 0 bridgehead atoms. The lowest BCUT2D eigenvalue weighted by Crippen LogP contribution is -2.09. The molecule has 0 saturated carbocycles. The molecule has 0 heterocycles. The Morgan fingerprint density at radius 3 is 2.20 bits per heavy atom. The third kappa shape index (κ3) is 5.07. The molecule has 0 aliphatic heterocycles. The molecule has 86 valence electrons. The highest BCUT2D eigenvalue weighted by Crippen LogP contribution is 2.24. The maximum atomic E-state index is 6.00. The van der Waals surface area contributed by atoms with Crippen LogP contribution in [0.25, 0.3) is 0 Å². The molecule has 0 spiro atoms. The summed E-state index contributed by atoms with van der Waals surface area (Å²) < 4.78 is 0. The Bertz CT molecular complexity index is 282. The van der Waals surface area contributed by atoms with E-state index in [2.05, 4.69) is 6.92 Å². The molecule has 0 unspecified atom stereocenters. The molecule has 4 heteroatoms. The maximum absolute atomic E-state index is 6.00. The summed E-state index contributed by atoms with van der Waals surface area (Å²) in [5.41, 5.74) is 7.03. The molecule has 0 fully saturated rings. The van der Waals surface area contributed by atoms with E-state index >= 15 is 0 Å². The van der Waals surface area contributed by atoms with E-state index in [0.29, 0.717) is 10.0 Å². The van der Waals surface area contributed by atoms with Crippen molar-refractivity contribution in [1.29, 1.82) is 0 Å². The number of benzene rings is 1. The largest absolute Gasteiger partial charge is 0.324 e. The summed E-state index contributed by atoms with van der Waals surface area (Å²) >= 11 is 11.8. The molecule has 1 rings (SSSR count). The average molecular weight is 269 g/mol. The quantitative estimate of drug-likeness (QED) is 0.848. The van der Waals surface area contributed by atoms with Gasteiger partial charge in [-0.1, -0.05) is 43.0 Å². The van der Waals surface area contributed by atoms with Crippen molar-refractivity contribution >= 4 is 35.6 Å². The summed E-state index contributed by atoms with van der Waals surface area (Å²) in [6.07, 6.45) is 3.26. The van der Waals surface area contributed by atoms with Gasteiger partial charge in [-0.05, 0) is 30.2 Å². The molecule has 0 aliphatic carbocycles. The molecule has 1 aromatic carbocycles. The van der Waals surface area contributed by atoms with Gasteiger partial charge in [-0.2, -0.15) is 0 Å². The minimum absolute atomic E-state index is 0. The number of rotatable bonds is 4. The molecule has 1 nitrogen and oxygen atoms in total. The van der Waals surface area contributed by atoms with Gasteiger partial charge in [-0.15, -0.1) is 12.4 Å². The van der Waals surface area contributed by atoms with Crippen LogP contribution in [0.3, 0.4) is 0 Å². The van der Waals surface area contributed by atoms with Crippen LogP contribution >= 0.6 is 35.6 Å². The summed E-state index contributed by atoms with van der Waals surface area (Å²) in [7, 11) is 0. The molecule has 0 saturated heterocycles. The lowest BCUT2D eigenvalue weighted by molar-refractivity contribution is 0.603. The topological polar surface area (TPSA) is 26.0 Å². The van der Waals surface area contributed by atoms with E-state index < -0.39 is 0 Å². The predicted molar refractivity (Wildman–Crippen MR) is 70.2 cm³/mol. The first-order chi connectivity index (χ1) is 6.63. The SMILES string of the molecule is CCCC[C@H](N)c1cc(Cl)cc(Cl)c1.Cl. The molecule has 1 atom stereocenters. The van der Waals surface area contributed by atoms with E-state index in [1.165, 1.54) is 0 Å². The molecule has 2 N–H and O–H groups in total. The molecule has 0 aromatic heterocycles. The van der Waals surface area contributed by atoms with Gasteiger partial charge in [0.05, 0.1) is 0 Å². The number of halogens is 3. The summed E-state index contributed by atoms with van der Waals surface area (Å²) in [5.74, 6) is 0. The highest BCUT2D eigenvalue weighted by Gasteiger charge is 2.06. The summed E-state index contributed by atoms with van der Waals surface area (Å²) in [6.45, 7) is 2.15. The Morgan fingerprint density at radius 2 is 1.73 bits per heavy atom. The van der Waals surface area contributed by atoms with Crippen LogP contribution < -0.4 is 5.73 Å². The number of unbranched alkanes of at least 4 members (excludes halogenated alkanes) is 1. The Morgan fingerprint density at radius 1 is 1.20 bits per heavy atom. The van der Waals surface area contributed by atoms with E-state index in [4.69, 9.17) is 28.9 Å². The Balaban J connectivity index is 0.00000196. The van der Waals surface area contributed by atoms with Crippen LogP contribution in [0.4, 0.5) is 0 Å². The van der Waals surface area contributed by atoms with Gasteiger partial charge in [0.15, 0.2) is 0 Å². The van der Waals surface area contributed by atoms with E-state index in [1.54, 1.807) is 6.07 Å². The second-order valence-corrected chi connectivity index (χ2v) is 4.32. The van der Waals surface area contributed by atoms with Crippen LogP contribution in [0.15, 0.2) is 18.2 Å². The molecule has 0 radical (unpaired) electrons. The zero-order valence-corrected chi connectivity index (χ0v) is 11.0. The van der Waals surface area contributed by atoms with Crippen molar-refractivity contribution in [2.45, 2.75) is 32.2 Å². The highest BCUT2D eigenvalue weighted by atomic mass is 35.5. The molecule has 0 aliphatic rings. The highest BCUT2D eigenvalue weighted by molar-refractivity contribution is 6.34. The molecule has 1 aromatic rings. The van der Waals surface area contributed by atoms with Crippen LogP contribution in [-0.2, 0) is 0 Å². The third-order valence-electron chi connectivity index (χ3n) is 2.18. The van der Waals surface area contributed by atoms with Gasteiger partial charge in [0.2, 0.25) is 0 Å². The third-order valence-corrected chi connectivity index (χ3v) is 2.62. The summed E-state index contributed by atoms with van der Waals surface area (Å²) in [4.78, 5) is 0. The van der Waals surface area contributed by atoms with E-state index in [0.717, 1.165) is 24.8 Å². The van der Waals surface area contributed by atoms with Crippen molar-refractivity contribution in [3.63, 3.8) is 0 Å². The fraction of sp³-hybridized carbons (Fsp3) is 0.455. The predicted octanol–water partition coefficient (Wildman–Crippen LogP) is 4.61. The van der Waals surface area contributed by atoms with E-state index in [9.17, 15) is 0 Å². The van der Waals surface area contributed by atoms with Gasteiger partial charge >= 0.3 is 0 Å². The summed E-state index contributed by atoms with van der Waals surface area (Å²) in [6, 6.07) is 5.53. The standard InChI is InChI=1S/C11H15Cl2N.ClH/c1-2-3-4-11(14)8-5-9(12)7-10(13)6-8;/h5-7,11H,2-4,14H2,1H3;1H/t11-;/m0./s1.